The number of nitrogens with one attached hydrogen (secondary N) is 2. The minimum atomic E-state index is -1.41. The van der Waals surface area contributed by atoms with Gasteiger partial charge >= 0.3 is 0 Å². The van der Waals surface area contributed by atoms with E-state index in [-0.39, 0.29) is 18.1 Å². The van der Waals surface area contributed by atoms with Gasteiger partial charge < -0.3 is 15.7 Å². The monoisotopic (exact) mass is 370 g/mol. The van der Waals surface area contributed by atoms with Crippen LogP contribution in [0, 0.1) is 11.6 Å². The Labute approximate surface area is 153 Å². The van der Waals surface area contributed by atoms with Gasteiger partial charge in [-0.2, -0.15) is 0 Å². The van der Waals surface area contributed by atoms with Crippen molar-refractivity contribution in [2.75, 3.05) is 17.2 Å². The molecule has 0 aliphatic carbocycles. The van der Waals surface area contributed by atoms with Gasteiger partial charge in [-0.15, -0.1) is 10.2 Å². The van der Waals surface area contributed by atoms with Crippen LogP contribution < -0.4 is 10.6 Å². The fourth-order valence-electron chi connectivity index (χ4n) is 2.40. The third-order valence-corrected chi connectivity index (χ3v) is 3.74. The molecule has 0 aliphatic rings. The van der Waals surface area contributed by atoms with Crippen molar-refractivity contribution >= 4 is 17.4 Å². The minimum absolute atomic E-state index is 0.102. The molecule has 27 heavy (non-hydrogen) atoms. The number of benzene rings is 2. The topological polar surface area (TPSA) is 87.1 Å². The molecular weight excluding hydrogens is 354 g/mol. The van der Waals surface area contributed by atoms with Crippen LogP contribution >= 0.6 is 0 Å². The van der Waals surface area contributed by atoms with Gasteiger partial charge in [0.1, 0.15) is 23.6 Å². The number of para-hydroxylation sites is 1. The maximum absolute atomic E-state index is 13.6. The van der Waals surface area contributed by atoms with Crippen LogP contribution in [0.25, 0.3) is 0 Å². The van der Waals surface area contributed by atoms with E-state index in [1.54, 1.807) is 24.3 Å². The molecule has 8 heteroatoms. The number of nitrogens with zero attached hydrogens (tertiary/aromatic N) is 2. The lowest BCUT2D eigenvalue weighted by Crippen LogP contribution is -2.17. The summed E-state index contributed by atoms with van der Waals surface area (Å²) in [6, 6.07) is 15.2. The molecule has 3 rings (SSSR count). The molecule has 1 unspecified atom stereocenters. The summed E-state index contributed by atoms with van der Waals surface area (Å²) in [6.45, 7) is -0.178. The lowest BCUT2D eigenvalue weighted by atomic mass is 10.1. The summed E-state index contributed by atoms with van der Waals surface area (Å²) < 4.78 is 27.3. The molecule has 1 heterocycles. The van der Waals surface area contributed by atoms with Crippen molar-refractivity contribution in [3.8, 4) is 0 Å². The average Bonchev–Trinajstić information content (AvgIpc) is 2.67. The number of aromatic nitrogens is 2. The van der Waals surface area contributed by atoms with Crippen LogP contribution in [0.1, 0.15) is 22.2 Å². The fraction of sp³-hybridized carbons (Fsp3) is 0.105. The van der Waals surface area contributed by atoms with Gasteiger partial charge in [-0.25, -0.2) is 8.78 Å². The van der Waals surface area contributed by atoms with Crippen LogP contribution in [-0.2, 0) is 0 Å². The lowest BCUT2D eigenvalue weighted by Gasteiger charge is -2.14. The molecule has 0 radical (unpaired) electrons. The first kappa shape index (κ1) is 18.4. The fourth-order valence-corrected chi connectivity index (χ4v) is 2.40. The normalized spacial score (nSPS) is 11.7. The van der Waals surface area contributed by atoms with Crippen LogP contribution in [0.4, 0.5) is 20.3 Å². The number of aliphatic hydroxyl groups excluding tert-OH is 1. The van der Waals surface area contributed by atoms with Crippen molar-refractivity contribution in [1.29, 1.82) is 0 Å². The third-order valence-electron chi connectivity index (χ3n) is 3.74. The summed E-state index contributed by atoms with van der Waals surface area (Å²) in [6.07, 6.45) is -1.41. The van der Waals surface area contributed by atoms with Gasteiger partial charge in [0, 0.05) is 12.2 Å². The summed E-state index contributed by atoms with van der Waals surface area (Å²) >= 11 is 0. The maximum atomic E-state index is 13.6. The quantitative estimate of drug-likeness (QED) is 0.620. The summed E-state index contributed by atoms with van der Waals surface area (Å²) in [5.74, 6) is -1.83. The van der Waals surface area contributed by atoms with E-state index < -0.39 is 29.2 Å². The molecule has 2 aromatic carbocycles. The van der Waals surface area contributed by atoms with Crippen LogP contribution in [0.5, 0.6) is 0 Å². The molecule has 138 valence electrons. The number of amides is 1. The maximum Gasteiger partial charge on any atom is 0.276 e. The zero-order valence-corrected chi connectivity index (χ0v) is 14.1. The predicted molar refractivity (Wildman–Crippen MR) is 96.2 cm³/mol. The number of carbonyl (C=O) groups excluding carboxylic acids is 1. The number of carbonyl (C=O) groups is 1. The predicted octanol–water partition coefficient (Wildman–Crippen LogP) is 3.15. The molecular formula is C19H16F2N4O2. The Morgan fingerprint density at radius 2 is 1.67 bits per heavy atom. The largest absolute Gasteiger partial charge is 0.386 e. The Hall–Kier alpha value is -3.39. The van der Waals surface area contributed by atoms with E-state index in [0.29, 0.717) is 5.69 Å². The summed E-state index contributed by atoms with van der Waals surface area (Å²) in [5.41, 5.74) is 0.309. The van der Waals surface area contributed by atoms with Gasteiger partial charge in [0.2, 0.25) is 0 Å². The van der Waals surface area contributed by atoms with E-state index in [0.717, 1.165) is 12.1 Å². The molecule has 0 spiro atoms. The van der Waals surface area contributed by atoms with Crippen molar-refractivity contribution in [2.24, 2.45) is 0 Å². The van der Waals surface area contributed by atoms with E-state index in [1.165, 1.54) is 18.2 Å². The standard InChI is InChI=1S/C19H16F2N4O2/c20-13-7-4-8-14(21)18(13)16(26)11-22-17-10-9-15(24-25-17)19(27)23-12-5-2-1-3-6-12/h1-10,16,26H,11H2,(H,22,25)(H,23,27). The third kappa shape index (κ3) is 4.62. The van der Waals surface area contributed by atoms with Gasteiger partial charge in [-0.1, -0.05) is 24.3 Å². The van der Waals surface area contributed by atoms with Gasteiger partial charge in [0.15, 0.2) is 5.69 Å². The molecule has 0 bridgehead atoms. The Morgan fingerprint density at radius 1 is 0.963 bits per heavy atom. The van der Waals surface area contributed by atoms with Crippen molar-refractivity contribution < 1.29 is 18.7 Å². The molecule has 0 fully saturated rings. The minimum Gasteiger partial charge on any atom is -0.386 e. The molecule has 0 saturated carbocycles. The second-order valence-electron chi connectivity index (χ2n) is 5.66. The Morgan fingerprint density at radius 3 is 2.30 bits per heavy atom. The van der Waals surface area contributed by atoms with Gasteiger partial charge in [-0.05, 0) is 36.4 Å². The van der Waals surface area contributed by atoms with Crippen molar-refractivity contribution in [3.63, 3.8) is 0 Å². The highest BCUT2D eigenvalue weighted by Crippen LogP contribution is 2.21. The average molecular weight is 370 g/mol. The van der Waals surface area contributed by atoms with Gasteiger partial charge in [0.25, 0.3) is 5.91 Å². The number of anilines is 2. The smallest absolute Gasteiger partial charge is 0.276 e. The SMILES string of the molecule is O=C(Nc1ccccc1)c1ccc(NCC(O)c2c(F)cccc2F)nn1. The Bertz CT molecular complexity index is 901. The number of rotatable bonds is 6. The molecule has 6 nitrogen and oxygen atoms in total. The molecule has 3 N–H and O–H groups in total. The molecule has 0 saturated heterocycles. The Kier molecular flexibility index (Phi) is 5.68. The van der Waals surface area contributed by atoms with Crippen molar-refractivity contribution in [2.45, 2.75) is 6.10 Å². The second kappa shape index (κ2) is 8.33. The summed E-state index contributed by atoms with van der Waals surface area (Å²) in [7, 11) is 0. The van der Waals surface area contributed by atoms with E-state index in [1.807, 2.05) is 6.07 Å². The first-order chi connectivity index (χ1) is 13.0. The van der Waals surface area contributed by atoms with E-state index in [9.17, 15) is 18.7 Å². The first-order valence-corrected chi connectivity index (χ1v) is 8.10. The first-order valence-electron chi connectivity index (χ1n) is 8.10. The number of hydrogen-bond donors (Lipinski definition) is 3. The van der Waals surface area contributed by atoms with Gasteiger partial charge in [-0.3, -0.25) is 4.79 Å². The van der Waals surface area contributed by atoms with Crippen LogP contribution in [0.15, 0.2) is 60.7 Å². The second-order valence-corrected chi connectivity index (χ2v) is 5.66. The number of aliphatic hydroxyl groups is 1. The van der Waals surface area contributed by atoms with Gasteiger partial charge in [0.05, 0.1) is 5.56 Å². The van der Waals surface area contributed by atoms with E-state index in [2.05, 4.69) is 20.8 Å². The zero-order valence-electron chi connectivity index (χ0n) is 14.1. The highest BCUT2D eigenvalue weighted by Gasteiger charge is 2.17. The molecule has 1 aromatic heterocycles. The van der Waals surface area contributed by atoms with Crippen LogP contribution in [0.2, 0.25) is 0 Å². The Balaban J connectivity index is 1.60. The number of halogens is 2. The molecule has 3 aromatic rings. The zero-order chi connectivity index (χ0) is 19.2. The van der Waals surface area contributed by atoms with Crippen LogP contribution in [-0.4, -0.2) is 27.8 Å². The molecule has 1 amide bonds. The summed E-state index contributed by atoms with van der Waals surface area (Å²) in [5, 5.41) is 23.0. The van der Waals surface area contributed by atoms with Crippen LogP contribution in [0.3, 0.4) is 0 Å². The van der Waals surface area contributed by atoms with Crippen molar-refractivity contribution in [3.05, 3.63) is 83.6 Å². The molecule has 0 aliphatic heterocycles. The summed E-state index contributed by atoms with van der Waals surface area (Å²) in [4.78, 5) is 12.1. The highest BCUT2D eigenvalue weighted by molar-refractivity contribution is 6.02. The highest BCUT2D eigenvalue weighted by atomic mass is 19.1. The number of hydrogen-bond acceptors (Lipinski definition) is 5. The van der Waals surface area contributed by atoms with E-state index >= 15 is 0 Å². The van der Waals surface area contributed by atoms with E-state index in [4.69, 9.17) is 0 Å². The lowest BCUT2D eigenvalue weighted by molar-refractivity contribution is 0.102. The van der Waals surface area contributed by atoms with Crippen molar-refractivity contribution in [1.82, 2.24) is 10.2 Å². The molecule has 1 atom stereocenters.